The minimum atomic E-state index is -1.29. The van der Waals surface area contributed by atoms with Crippen molar-refractivity contribution >= 4 is 25.6 Å². The first-order chi connectivity index (χ1) is 9.89. The first-order valence-electron chi connectivity index (χ1n) is 7.79. The van der Waals surface area contributed by atoms with Gasteiger partial charge in [0.2, 0.25) is 0 Å². The zero-order valence-electron chi connectivity index (χ0n) is 15.2. The van der Waals surface area contributed by atoms with Gasteiger partial charge in [0.15, 0.2) is 5.78 Å². The summed E-state index contributed by atoms with van der Waals surface area (Å²) in [6.07, 6.45) is 1.91. The predicted octanol–water partition coefficient (Wildman–Crippen LogP) is 5.39. The fourth-order valence-corrected chi connectivity index (χ4v) is 3.69. The number of nitrogens with zero attached hydrogens (tertiary/aromatic N) is 1. The average molecular weight is 316 g/mol. The first kappa shape index (κ1) is 18.6. The van der Waals surface area contributed by atoms with Crippen molar-refractivity contribution in [2.45, 2.75) is 59.8 Å². The van der Waals surface area contributed by atoms with Crippen LogP contribution in [-0.4, -0.2) is 25.6 Å². The molecule has 1 rings (SSSR count). The molecule has 22 heavy (non-hydrogen) atoms. The number of carbonyl (C=O) groups excluding carboxylic acids is 1. The molecule has 0 amide bonds. The van der Waals surface area contributed by atoms with Crippen LogP contribution in [0.3, 0.4) is 0 Å². The molecule has 3 heteroatoms. The average Bonchev–Trinajstić information content (AvgIpc) is 2.32. The van der Waals surface area contributed by atoms with Gasteiger partial charge in [-0.2, -0.15) is 0 Å². The van der Waals surface area contributed by atoms with Gasteiger partial charge in [0.05, 0.1) is 13.6 Å². The maximum Gasteiger partial charge on any atom is 0.159 e. The monoisotopic (exact) mass is 315 g/mol. The number of rotatable bonds is 4. The Labute approximate surface area is 136 Å². The van der Waals surface area contributed by atoms with E-state index in [9.17, 15) is 4.79 Å². The number of hydrogen-bond donors (Lipinski definition) is 0. The summed E-state index contributed by atoms with van der Waals surface area (Å²) in [5, 5.41) is 0. The Morgan fingerprint density at radius 1 is 1.14 bits per heavy atom. The zero-order valence-corrected chi connectivity index (χ0v) is 16.2. The lowest BCUT2D eigenvalue weighted by molar-refractivity contribution is 0.101. The lowest BCUT2D eigenvalue weighted by atomic mass is 9.98. The molecule has 0 unspecified atom stereocenters. The van der Waals surface area contributed by atoms with Crippen LogP contribution in [0.5, 0.6) is 0 Å². The van der Waals surface area contributed by atoms with Crippen LogP contribution in [0.15, 0.2) is 28.9 Å². The molecule has 0 saturated heterocycles. The second kappa shape index (κ2) is 6.74. The van der Waals surface area contributed by atoms with E-state index < -0.39 is 8.07 Å². The van der Waals surface area contributed by atoms with Crippen LogP contribution < -0.4 is 0 Å². The summed E-state index contributed by atoms with van der Waals surface area (Å²) in [6, 6.07) is 5.91. The highest BCUT2D eigenvalue weighted by atomic mass is 28.3. The quantitative estimate of drug-likeness (QED) is 0.416. The van der Waals surface area contributed by atoms with Crippen LogP contribution in [-0.2, 0) is 0 Å². The molecular formula is C19H29NOSi. The molecule has 0 fully saturated rings. The molecule has 0 aliphatic heterocycles. The smallest absolute Gasteiger partial charge is 0.159 e. The Morgan fingerprint density at radius 2 is 1.73 bits per heavy atom. The lowest BCUT2D eigenvalue weighted by Gasteiger charge is -2.16. The molecule has 0 saturated carbocycles. The summed E-state index contributed by atoms with van der Waals surface area (Å²) < 4.78 is 0. The number of carbonyl (C=O) groups is 1. The maximum atomic E-state index is 11.7. The molecule has 0 aliphatic carbocycles. The Bertz CT molecular complexity index is 613. The molecule has 0 bridgehead atoms. The Kier molecular flexibility index (Phi) is 5.69. The standard InChI is InChI=1S/C19H29NOSi/c1-14(13-22(6,7)8)18-10-9-16(15(2)21)11-17(18)12-20-19(3,4)5/h9-13H,1-8H3/b14-13+,20-12?. The SMILES string of the molecule is CC(=O)c1ccc(/C(C)=C/[Si](C)(C)C)c(C=NC(C)(C)C)c1. The topological polar surface area (TPSA) is 29.4 Å². The van der Waals surface area contributed by atoms with Crippen LogP contribution in [0.25, 0.3) is 5.57 Å². The van der Waals surface area contributed by atoms with Crippen LogP contribution in [0.1, 0.15) is 56.1 Å². The van der Waals surface area contributed by atoms with Crippen LogP contribution >= 0.6 is 0 Å². The Balaban J connectivity index is 3.41. The fourth-order valence-electron chi connectivity index (χ4n) is 2.24. The molecule has 0 heterocycles. The summed E-state index contributed by atoms with van der Waals surface area (Å²) in [6.45, 7) is 16.9. The number of Topliss-reactive ketones (excluding diaryl/α,β-unsaturated/α-hetero) is 1. The van der Waals surface area contributed by atoms with E-state index in [4.69, 9.17) is 0 Å². The van der Waals surface area contributed by atoms with Crippen molar-refractivity contribution < 1.29 is 4.79 Å². The van der Waals surface area contributed by atoms with Crippen molar-refractivity contribution in [2.24, 2.45) is 4.99 Å². The second-order valence-electron chi connectivity index (χ2n) is 7.98. The molecule has 0 aliphatic rings. The van der Waals surface area contributed by atoms with Gasteiger partial charge < -0.3 is 0 Å². The van der Waals surface area contributed by atoms with Gasteiger partial charge in [0.1, 0.15) is 0 Å². The van der Waals surface area contributed by atoms with E-state index in [2.05, 4.69) is 58.0 Å². The van der Waals surface area contributed by atoms with E-state index >= 15 is 0 Å². The Hall–Kier alpha value is -1.48. The molecular weight excluding hydrogens is 286 g/mol. The van der Waals surface area contributed by atoms with E-state index in [1.54, 1.807) is 6.92 Å². The van der Waals surface area contributed by atoms with E-state index in [1.165, 1.54) is 11.1 Å². The minimum absolute atomic E-state index is 0.0868. The van der Waals surface area contributed by atoms with Crippen molar-refractivity contribution in [1.82, 2.24) is 0 Å². The van der Waals surface area contributed by atoms with E-state index in [1.807, 2.05) is 24.4 Å². The highest BCUT2D eigenvalue weighted by Crippen LogP contribution is 2.23. The van der Waals surface area contributed by atoms with Gasteiger partial charge in [-0.15, -0.1) is 0 Å². The van der Waals surface area contributed by atoms with Gasteiger partial charge in [-0.05, 0) is 46.2 Å². The van der Waals surface area contributed by atoms with Gasteiger partial charge in [-0.3, -0.25) is 9.79 Å². The number of ketones is 1. The van der Waals surface area contributed by atoms with Gasteiger partial charge >= 0.3 is 0 Å². The highest BCUT2D eigenvalue weighted by molar-refractivity contribution is 6.81. The van der Waals surface area contributed by atoms with Crippen LogP contribution in [0.4, 0.5) is 0 Å². The van der Waals surface area contributed by atoms with E-state index in [-0.39, 0.29) is 11.3 Å². The molecule has 1 aromatic rings. The van der Waals surface area contributed by atoms with Gasteiger partial charge in [-0.1, -0.05) is 43.0 Å². The molecule has 0 N–H and O–H groups in total. The molecule has 0 atom stereocenters. The summed E-state index contributed by atoms with van der Waals surface area (Å²) in [7, 11) is -1.29. The largest absolute Gasteiger partial charge is 0.295 e. The number of benzene rings is 1. The highest BCUT2D eigenvalue weighted by Gasteiger charge is 2.13. The van der Waals surface area contributed by atoms with Crippen molar-refractivity contribution in [3.8, 4) is 0 Å². The third kappa shape index (κ3) is 6.10. The second-order valence-corrected chi connectivity index (χ2v) is 13.0. The number of aliphatic imine (C=N–C) groups is 1. The summed E-state index contributed by atoms with van der Waals surface area (Å²) in [4.78, 5) is 16.3. The van der Waals surface area contributed by atoms with Crippen molar-refractivity contribution in [3.05, 3.63) is 40.6 Å². The van der Waals surface area contributed by atoms with Crippen LogP contribution in [0.2, 0.25) is 19.6 Å². The van der Waals surface area contributed by atoms with Crippen molar-refractivity contribution in [3.63, 3.8) is 0 Å². The van der Waals surface area contributed by atoms with Gasteiger partial charge in [0.25, 0.3) is 0 Å². The predicted molar refractivity (Wildman–Crippen MR) is 101 cm³/mol. The van der Waals surface area contributed by atoms with Gasteiger partial charge in [0, 0.05) is 17.3 Å². The lowest BCUT2D eigenvalue weighted by Crippen LogP contribution is -2.16. The summed E-state index contributed by atoms with van der Waals surface area (Å²) >= 11 is 0. The normalized spacial score (nSPS) is 13.7. The van der Waals surface area contributed by atoms with Gasteiger partial charge in [-0.25, -0.2) is 0 Å². The maximum absolute atomic E-state index is 11.7. The van der Waals surface area contributed by atoms with E-state index in [0.29, 0.717) is 0 Å². The summed E-state index contributed by atoms with van der Waals surface area (Å²) in [5.74, 6) is 0.0868. The Morgan fingerprint density at radius 3 is 2.18 bits per heavy atom. The third-order valence-corrected chi connectivity index (χ3v) is 4.42. The molecule has 2 nitrogen and oxygen atoms in total. The molecule has 0 spiro atoms. The fraction of sp³-hybridized carbons (Fsp3) is 0.474. The van der Waals surface area contributed by atoms with Crippen LogP contribution in [0, 0.1) is 0 Å². The van der Waals surface area contributed by atoms with Crippen molar-refractivity contribution in [1.29, 1.82) is 0 Å². The first-order valence-corrected chi connectivity index (χ1v) is 11.4. The summed E-state index contributed by atoms with van der Waals surface area (Å²) in [5.41, 5.74) is 6.46. The molecule has 120 valence electrons. The minimum Gasteiger partial charge on any atom is -0.295 e. The zero-order chi connectivity index (χ0) is 17.1. The van der Waals surface area contributed by atoms with Crippen molar-refractivity contribution in [2.75, 3.05) is 0 Å². The molecule has 0 radical (unpaired) electrons. The van der Waals surface area contributed by atoms with E-state index in [0.717, 1.165) is 11.1 Å². The number of allylic oxidation sites excluding steroid dienone is 1. The molecule has 1 aromatic carbocycles. The third-order valence-electron chi connectivity index (χ3n) is 3.12. The number of hydrogen-bond acceptors (Lipinski definition) is 2. The molecule has 0 aromatic heterocycles.